The molecule has 0 bridgehead atoms. The largest absolute Gasteiger partial charge is 0.375 e. The van der Waals surface area contributed by atoms with Crippen molar-refractivity contribution in [3.8, 4) is 0 Å². The summed E-state index contributed by atoms with van der Waals surface area (Å²) in [6, 6.07) is 0.338. The molecule has 3 heterocycles. The molecular weight excluding hydrogens is 258 g/mol. The molecule has 1 saturated heterocycles. The van der Waals surface area contributed by atoms with Crippen LogP contribution in [0.1, 0.15) is 25.2 Å². The van der Waals surface area contributed by atoms with Crippen LogP contribution in [-0.2, 0) is 4.74 Å². The van der Waals surface area contributed by atoms with Crippen LogP contribution in [0, 0.1) is 13.8 Å². The zero-order chi connectivity index (χ0) is 13.6. The van der Waals surface area contributed by atoms with E-state index < -0.39 is 0 Å². The zero-order valence-electron chi connectivity index (χ0n) is 11.8. The predicted octanol–water partition coefficient (Wildman–Crippen LogP) is 2.92. The first-order chi connectivity index (χ1) is 9.08. The van der Waals surface area contributed by atoms with Gasteiger partial charge in [-0.05, 0) is 38.6 Å². The number of anilines is 1. The van der Waals surface area contributed by atoms with Gasteiger partial charge in [0.15, 0.2) is 0 Å². The summed E-state index contributed by atoms with van der Waals surface area (Å²) in [5.41, 5.74) is 1.27. The summed E-state index contributed by atoms with van der Waals surface area (Å²) in [6.07, 6.45) is 0.234. The van der Waals surface area contributed by atoms with Crippen LogP contribution in [0.15, 0.2) is 5.38 Å². The van der Waals surface area contributed by atoms with Crippen molar-refractivity contribution in [2.75, 3.05) is 18.1 Å². The summed E-state index contributed by atoms with van der Waals surface area (Å²) in [5, 5.41) is 3.37. The van der Waals surface area contributed by atoms with Gasteiger partial charge in [0, 0.05) is 6.54 Å². The Morgan fingerprint density at radius 2 is 2.11 bits per heavy atom. The van der Waals surface area contributed by atoms with E-state index in [9.17, 15) is 0 Å². The summed E-state index contributed by atoms with van der Waals surface area (Å²) >= 11 is 1.70. The molecule has 1 fully saturated rings. The van der Waals surface area contributed by atoms with E-state index in [-0.39, 0.29) is 6.10 Å². The number of aryl methyl sites for hydroxylation is 2. The number of aromatic nitrogens is 2. The third-order valence-corrected chi connectivity index (χ3v) is 4.86. The molecule has 19 heavy (non-hydrogen) atoms. The minimum absolute atomic E-state index is 0.234. The number of rotatable bonds is 1. The molecule has 1 aliphatic heterocycles. The summed E-state index contributed by atoms with van der Waals surface area (Å²) < 4.78 is 5.71. The van der Waals surface area contributed by atoms with Crippen LogP contribution < -0.4 is 4.90 Å². The lowest BCUT2D eigenvalue weighted by atomic mass is 10.1. The Morgan fingerprint density at radius 1 is 1.32 bits per heavy atom. The molecule has 2 aromatic rings. The fourth-order valence-electron chi connectivity index (χ4n) is 2.61. The van der Waals surface area contributed by atoms with Crippen LogP contribution >= 0.6 is 11.3 Å². The number of hydrogen-bond donors (Lipinski definition) is 0. The van der Waals surface area contributed by atoms with E-state index in [1.807, 2.05) is 6.92 Å². The first-order valence-corrected chi connectivity index (χ1v) is 7.56. The maximum Gasteiger partial charge on any atom is 0.141 e. The molecule has 0 amide bonds. The summed E-state index contributed by atoms with van der Waals surface area (Å²) in [6.45, 7) is 10.1. The first-order valence-electron chi connectivity index (χ1n) is 6.68. The van der Waals surface area contributed by atoms with Crippen LogP contribution in [0.4, 0.5) is 5.82 Å². The van der Waals surface area contributed by atoms with Gasteiger partial charge in [-0.1, -0.05) is 0 Å². The molecular formula is C14H19N3OS. The second-order valence-electron chi connectivity index (χ2n) is 5.20. The number of hydrogen-bond acceptors (Lipinski definition) is 5. The van der Waals surface area contributed by atoms with Crippen molar-refractivity contribution in [2.24, 2.45) is 0 Å². The average molecular weight is 277 g/mol. The summed E-state index contributed by atoms with van der Waals surface area (Å²) in [4.78, 5) is 12.7. The lowest BCUT2D eigenvalue weighted by Crippen LogP contribution is -2.49. The van der Waals surface area contributed by atoms with E-state index in [1.165, 1.54) is 10.9 Å². The van der Waals surface area contributed by atoms with Gasteiger partial charge in [-0.25, -0.2) is 9.97 Å². The monoisotopic (exact) mass is 277 g/mol. The maximum atomic E-state index is 5.71. The molecule has 0 aromatic carbocycles. The Hall–Kier alpha value is -1.20. The van der Waals surface area contributed by atoms with Crippen LogP contribution in [0.3, 0.4) is 0 Å². The van der Waals surface area contributed by atoms with Crippen molar-refractivity contribution in [1.82, 2.24) is 9.97 Å². The molecule has 0 radical (unpaired) electrons. The Kier molecular flexibility index (Phi) is 3.19. The first kappa shape index (κ1) is 12.8. The Bertz CT molecular complexity index is 610. The lowest BCUT2D eigenvalue weighted by Gasteiger charge is -2.39. The number of fused-ring (bicyclic) bond motifs is 1. The SMILES string of the molecule is Cc1nc(N2CCOC(C)C2C)c2c(C)csc2n1. The van der Waals surface area contributed by atoms with E-state index in [2.05, 4.69) is 36.0 Å². The second kappa shape index (κ2) is 4.72. The molecule has 4 nitrogen and oxygen atoms in total. The molecule has 2 unspecified atom stereocenters. The zero-order valence-corrected chi connectivity index (χ0v) is 12.6. The van der Waals surface area contributed by atoms with E-state index in [0.717, 1.165) is 29.6 Å². The number of morpholine rings is 1. The highest BCUT2D eigenvalue weighted by atomic mass is 32.1. The standard InChI is InChI=1S/C14H19N3OS/c1-8-7-19-14-12(8)13(15-11(4)16-14)17-5-6-18-10(3)9(17)2/h7,9-10H,5-6H2,1-4H3. The Labute approximate surface area is 117 Å². The minimum atomic E-state index is 0.234. The van der Waals surface area contributed by atoms with Crippen molar-refractivity contribution >= 4 is 27.4 Å². The molecule has 0 saturated carbocycles. The van der Waals surface area contributed by atoms with Crippen LogP contribution in [0.2, 0.25) is 0 Å². The van der Waals surface area contributed by atoms with Gasteiger partial charge in [0.25, 0.3) is 0 Å². The normalized spacial score (nSPS) is 24.1. The van der Waals surface area contributed by atoms with Crippen molar-refractivity contribution in [1.29, 1.82) is 0 Å². The summed E-state index contributed by atoms with van der Waals surface area (Å²) in [5.74, 6) is 1.92. The number of thiophene rings is 1. The molecule has 1 aliphatic rings. The lowest BCUT2D eigenvalue weighted by molar-refractivity contribution is 0.0282. The maximum absolute atomic E-state index is 5.71. The predicted molar refractivity (Wildman–Crippen MR) is 79.1 cm³/mol. The fraction of sp³-hybridized carbons (Fsp3) is 0.571. The van der Waals surface area contributed by atoms with Gasteiger partial charge in [-0.15, -0.1) is 11.3 Å². The molecule has 0 aliphatic carbocycles. The number of nitrogens with zero attached hydrogens (tertiary/aromatic N) is 3. The van der Waals surface area contributed by atoms with Gasteiger partial charge in [-0.3, -0.25) is 0 Å². The topological polar surface area (TPSA) is 38.2 Å². The van der Waals surface area contributed by atoms with Gasteiger partial charge < -0.3 is 9.64 Å². The second-order valence-corrected chi connectivity index (χ2v) is 6.06. The highest BCUT2D eigenvalue weighted by Gasteiger charge is 2.28. The van der Waals surface area contributed by atoms with E-state index in [0.29, 0.717) is 6.04 Å². The highest BCUT2D eigenvalue weighted by molar-refractivity contribution is 7.17. The number of ether oxygens (including phenoxy) is 1. The van der Waals surface area contributed by atoms with Crippen LogP contribution in [0.5, 0.6) is 0 Å². The van der Waals surface area contributed by atoms with Crippen molar-refractivity contribution in [2.45, 2.75) is 39.8 Å². The Balaban J connectivity index is 2.15. The van der Waals surface area contributed by atoms with E-state index in [1.54, 1.807) is 11.3 Å². The molecule has 5 heteroatoms. The third kappa shape index (κ3) is 2.11. The molecule has 0 spiro atoms. The van der Waals surface area contributed by atoms with Gasteiger partial charge >= 0.3 is 0 Å². The van der Waals surface area contributed by atoms with Gasteiger partial charge in [-0.2, -0.15) is 0 Å². The third-order valence-electron chi connectivity index (χ3n) is 3.87. The van der Waals surface area contributed by atoms with Crippen LogP contribution in [0.25, 0.3) is 10.2 Å². The Morgan fingerprint density at radius 3 is 2.89 bits per heavy atom. The highest BCUT2D eigenvalue weighted by Crippen LogP contribution is 2.33. The van der Waals surface area contributed by atoms with Gasteiger partial charge in [0.05, 0.1) is 24.1 Å². The smallest absolute Gasteiger partial charge is 0.141 e. The van der Waals surface area contributed by atoms with Crippen molar-refractivity contribution in [3.63, 3.8) is 0 Å². The van der Waals surface area contributed by atoms with Gasteiger partial charge in [0.2, 0.25) is 0 Å². The molecule has 3 rings (SSSR count). The molecule has 102 valence electrons. The van der Waals surface area contributed by atoms with Crippen molar-refractivity contribution in [3.05, 3.63) is 16.8 Å². The minimum Gasteiger partial charge on any atom is -0.375 e. The van der Waals surface area contributed by atoms with Crippen LogP contribution in [-0.4, -0.2) is 35.3 Å². The quantitative estimate of drug-likeness (QED) is 0.803. The molecule has 2 atom stereocenters. The fourth-order valence-corrected chi connectivity index (χ4v) is 3.57. The molecule has 0 N–H and O–H groups in total. The van der Waals surface area contributed by atoms with Gasteiger partial charge in [0.1, 0.15) is 16.5 Å². The average Bonchev–Trinajstić information content (AvgIpc) is 2.73. The van der Waals surface area contributed by atoms with Crippen molar-refractivity contribution < 1.29 is 4.74 Å². The van der Waals surface area contributed by atoms with E-state index in [4.69, 9.17) is 9.72 Å². The van der Waals surface area contributed by atoms with E-state index >= 15 is 0 Å². The molecule has 2 aromatic heterocycles. The summed E-state index contributed by atoms with van der Waals surface area (Å²) in [7, 11) is 0.